The normalized spacial score (nSPS) is 17.1. The summed E-state index contributed by atoms with van der Waals surface area (Å²) in [5.74, 6) is -0.883. The lowest BCUT2D eigenvalue weighted by atomic mass is 10.2. The van der Waals surface area contributed by atoms with E-state index in [1.807, 2.05) is 0 Å². The zero-order chi connectivity index (χ0) is 23.1. The minimum absolute atomic E-state index is 0.122. The molecule has 0 saturated carbocycles. The number of halogens is 1. The van der Waals surface area contributed by atoms with Crippen LogP contribution < -0.4 is 16.4 Å². The second-order valence-corrected chi connectivity index (χ2v) is 9.65. The summed E-state index contributed by atoms with van der Waals surface area (Å²) in [6.07, 6.45) is -0.944. The van der Waals surface area contributed by atoms with Crippen LogP contribution in [0.15, 0.2) is 54.6 Å². The van der Waals surface area contributed by atoms with E-state index in [-0.39, 0.29) is 31.9 Å². The van der Waals surface area contributed by atoms with Gasteiger partial charge in [-0.2, -0.15) is 4.31 Å². The third-order valence-corrected chi connectivity index (χ3v) is 6.94. The van der Waals surface area contributed by atoms with Gasteiger partial charge in [-0.25, -0.2) is 13.2 Å². The van der Waals surface area contributed by atoms with E-state index in [4.69, 9.17) is 17.3 Å². The summed E-state index contributed by atoms with van der Waals surface area (Å²) in [4.78, 5) is 27.2. The third kappa shape index (κ3) is 5.98. The van der Waals surface area contributed by atoms with Crippen molar-refractivity contribution in [1.82, 2.24) is 14.5 Å². The van der Waals surface area contributed by atoms with E-state index in [1.54, 1.807) is 54.6 Å². The fraction of sp³-hybridized carbons (Fsp3) is 0.333. The Morgan fingerprint density at radius 1 is 1.09 bits per heavy atom. The molecule has 4 N–H and O–H groups in total. The Labute approximate surface area is 192 Å². The molecule has 11 heteroatoms. The molecule has 1 saturated heterocycles. The third-order valence-electron chi connectivity index (χ3n) is 4.91. The van der Waals surface area contributed by atoms with Crippen LogP contribution in [-0.4, -0.2) is 61.9 Å². The van der Waals surface area contributed by atoms with Crippen LogP contribution in [0.1, 0.15) is 12.0 Å². The number of carbonyl (C=O) groups excluding carboxylic acids is 2. The molecule has 0 aromatic heterocycles. The Morgan fingerprint density at radius 2 is 1.84 bits per heavy atom. The summed E-state index contributed by atoms with van der Waals surface area (Å²) in [5.41, 5.74) is 6.52. The smallest absolute Gasteiger partial charge is 0.323 e. The molecule has 1 fully saturated rings. The molecule has 1 heterocycles. The van der Waals surface area contributed by atoms with Crippen molar-refractivity contribution in [3.8, 4) is 0 Å². The van der Waals surface area contributed by atoms with E-state index < -0.39 is 28.1 Å². The van der Waals surface area contributed by atoms with Crippen molar-refractivity contribution >= 4 is 39.2 Å². The lowest BCUT2D eigenvalue weighted by Gasteiger charge is -2.41. The summed E-state index contributed by atoms with van der Waals surface area (Å²) < 4.78 is 27.6. The Bertz CT molecular complexity index is 1050. The second kappa shape index (κ2) is 10.8. The van der Waals surface area contributed by atoms with Crippen LogP contribution in [0, 0.1) is 0 Å². The van der Waals surface area contributed by atoms with Crippen LogP contribution in [0.4, 0.5) is 10.5 Å². The maximum absolute atomic E-state index is 13.3. The van der Waals surface area contributed by atoms with Gasteiger partial charge >= 0.3 is 6.03 Å². The minimum atomic E-state index is -3.90. The molecule has 0 radical (unpaired) electrons. The number of hydrogen-bond acceptors (Lipinski definition) is 5. The largest absolute Gasteiger partial charge is 0.352 e. The van der Waals surface area contributed by atoms with Gasteiger partial charge in [-0.3, -0.25) is 9.69 Å². The van der Waals surface area contributed by atoms with Crippen LogP contribution in [0.5, 0.6) is 0 Å². The highest BCUT2D eigenvalue weighted by atomic mass is 35.5. The number of nitrogens with one attached hydrogen (secondary N) is 2. The van der Waals surface area contributed by atoms with Crippen molar-refractivity contribution in [2.24, 2.45) is 5.73 Å². The van der Waals surface area contributed by atoms with Crippen LogP contribution in [0.2, 0.25) is 5.02 Å². The topological polar surface area (TPSA) is 125 Å². The SMILES string of the molecule is NCCNC(=O)C1N(C(=O)Nc2cccc(Cl)c2)CCCN1S(=O)(=O)Cc1ccccc1. The molecule has 1 unspecified atom stereocenters. The van der Waals surface area contributed by atoms with Gasteiger partial charge in [-0.1, -0.05) is 48.0 Å². The minimum Gasteiger partial charge on any atom is -0.352 e. The first-order valence-electron chi connectivity index (χ1n) is 10.2. The molecule has 2 aromatic carbocycles. The van der Waals surface area contributed by atoms with Crippen molar-refractivity contribution < 1.29 is 18.0 Å². The first-order valence-corrected chi connectivity index (χ1v) is 12.1. The van der Waals surface area contributed by atoms with Gasteiger partial charge in [0.15, 0.2) is 6.17 Å². The van der Waals surface area contributed by atoms with E-state index in [2.05, 4.69) is 10.6 Å². The summed E-state index contributed by atoms with van der Waals surface area (Å²) >= 11 is 5.98. The van der Waals surface area contributed by atoms with Crippen LogP contribution in [0.3, 0.4) is 0 Å². The lowest BCUT2D eigenvalue weighted by Crippen LogP contribution is -2.64. The maximum Gasteiger partial charge on any atom is 0.323 e. The van der Waals surface area contributed by atoms with E-state index in [9.17, 15) is 18.0 Å². The molecule has 172 valence electrons. The first kappa shape index (κ1) is 24.0. The Balaban J connectivity index is 1.88. The van der Waals surface area contributed by atoms with Crippen LogP contribution in [-0.2, 0) is 20.6 Å². The van der Waals surface area contributed by atoms with E-state index in [1.165, 1.54) is 4.90 Å². The zero-order valence-corrected chi connectivity index (χ0v) is 19.0. The van der Waals surface area contributed by atoms with Gasteiger partial charge in [-0.05, 0) is 30.2 Å². The summed E-state index contributed by atoms with van der Waals surface area (Å²) in [6.45, 7) is 0.677. The van der Waals surface area contributed by atoms with Gasteiger partial charge in [-0.15, -0.1) is 0 Å². The number of urea groups is 1. The van der Waals surface area contributed by atoms with Crippen molar-refractivity contribution in [3.63, 3.8) is 0 Å². The Kier molecular flexibility index (Phi) is 8.08. The molecular weight excluding hydrogens is 454 g/mol. The van der Waals surface area contributed by atoms with Crippen LogP contribution >= 0.6 is 11.6 Å². The van der Waals surface area contributed by atoms with Crippen molar-refractivity contribution in [2.75, 3.05) is 31.5 Å². The number of anilines is 1. The van der Waals surface area contributed by atoms with Crippen LogP contribution in [0.25, 0.3) is 0 Å². The molecule has 2 aromatic rings. The summed E-state index contributed by atoms with van der Waals surface area (Å²) in [6, 6.07) is 14.7. The molecule has 0 aliphatic carbocycles. The molecule has 3 amide bonds. The Morgan fingerprint density at radius 3 is 2.53 bits per heavy atom. The van der Waals surface area contributed by atoms with E-state index in [0.29, 0.717) is 22.7 Å². The predicted molar refractivity (Wildman–Crippen MR) is 123 cm³/mol. The highest BCUT2D eigenvalue weighted by Gasteiger charge is 2.43. The molecule has 0 bridgehead atoms. The van der Waals surface area contributed by atoms with Crippen molar-refractivity contribution in [2.45, 2.75) is 18.3 Å². The molecule has 32 heavy (non-hydrogen) atoms. The van der Waals surface area contributed by atoms with Gasteiger partial charge < -0.3 is 16.4 Å². The number of amides is 3. The fourth-order valence-corrected chi connectivity index (χ4v) is 5.38. The highest BCUT2D eigenvalue weighted by Crippen LogP contribution is 2.23. The van der Waals surface area contributed by atoms with Gasteiger partial charge in [0.2, 0.25) is 10.0 Å². The van der Waals surface area contributed by atoms with Gasteiger partial charge in [0.1, 0.15) is 0 Å². The molecular formula is C21H26ClN5O4S. The van der Waals surface area contributed by atoms with Gasteiger partial charge in [0, 0.05) is 36.9 Å². The number of rotatable bonds is 7. The zero-order valence-electron chi connectivity index (χ0n) is 17.4. The van der Waals surface area contributed by atoms with Gasteiger partial charge in [0.05, 0.1) is 5.75 Å². The molecule has 9 nitrogen and oxygen atoms in total. The molecule has 1 aliphatic rings. The first-order chi connectivity index (χ1) is 15.3. The average molecular weight is 480 g/mol. The number of nitrogens with zero attached hydrogens (tertiary/aromatic N) is 2. The highest BCUT2D eigenvalue weighted by molar-refractivity contribution is 7.88. The number of nitrogens with two attached hydrogens (primary N) is 1. The number of carbonyl (C=O) groups is 2. The lowest BCUT2D eigenvalue weighted by molar-refractivity contribution is -0.130. The molecule has 1 atom stereocenters. The number of hydrogen-bond donors (Lipinski definition) is 3. The number of sulfonamides is 1. The number of benzene rings is 2. The summed E-state index contributed by atoms with van der Waals surface area (Å²) in [7, 11) is -3.90. The average Bonchev–Trinajstić information content (AvgIpc) is 2.77. The Hall–Kier alpha value is -2.66. The van der Waals surface area contributed by atoms with E-state index in [0.717, 1.165) is 4.31 Å². The van der Waals surface area contributed by atoms with Crippen molar-refractivity contribution in [1.29, 1.82) is 0 Å². The quantitative estimate of drug-likeness (QED) is 0.558. The predicted octanol–water partition coefficient (Wildman–Crippen LogP) is 1.81. The molecule has 0 spiro atoms. The second-order valence-electron chi connectivity index (χ2n) is 7.29. The maximum atomic E-state index is 13.3. The molecule has 1 aliphatic heterocycles. The summed E-state index contributed by atoms with van der Waals surface area (Å²) in [5, 5.41) is 5.74. The van der Waals surface area contributed by atoms with E-state index >= 15 is 0 Å². The van der Waals surface area contributed by atoms with Crippen molar-refractivity contribution in [3.05, 3.63) is 65.2 Å². The fourth-order valence-electron chi connectivity index (χ4n) is 3.49. The molecule has 3 rings (SSSR count). The standard InChI is InChI=1S/C21H26ClN5O4S/c22-17-8-4-9-18(14-17)25-21(29)26-12-5-13-27(20(26)19(28)24-11-10-23)32(30,31)15-16-6-2-1-3-7-16/h1-4,6-9,14,20H,5,10-13,15,23H2,(H,24,28)(H,25,29). The van der Waals surface area contributed by atoms with Gasteiger partial charge in [0.25, 0.3) is 5.91 Å². The monoisotopic (exact) mass is 479 g/mol.